The Morgan fingerprint density at radius 2 is 1.71 bits per heavy atom. The summed E-state index contributed by atoms with van der Waals surface area (Å²) in [6.45, 7) is 7.17. The van der Waals surface area contributed by atoms with Crippen molar-refractivity contribution in [1.82, 2.24) is 0 Å². The van der Waals surface area contributed by atoms with Crippen LogP contribution >= 0.6 is 11.6 Å². The van der Waals surface area contributed by atoms with Gasteiger partial charge in [-0.25, -0.2) is 0 Å². The number of benzene rings is 2. The molecule has 0 amide bonds. The van der Waals surface area contributed by atoms with E-state index in [-0.39, 0.29) is 6.04 Å². The highest BCUT2D eigenvalue weighted by Crippen LogP contribution is 2.31. The van der Waals surface area contributed by atoms with Crippen LogP contribution in [-0.4, -0.2) is 6.04 Å². The van der Waals surface area contributed by atoms with Crippen molar-refractivity contribution in [2.24, 2.45) is 5.73 Å². The maximum Gasteiger partial charge on any atom is 0.0643 e. The molecular weight excluding hydrogens is 280 g/mol. The Morgan fingerprint density at radius 1 is 1.05 bits per heavy atom. The summed E-state index contributed by atoms with van der Waals surface area (Å²) in [5.74, 6) is 0. The Kier molecular flexibility index (Phi) is 5.27. The summed E-state index contributed by atoms with van der Waals surface area (Å²) in [4.78, 5) is 2.31. The van der Waals surface area contributed by atoms with Crippen molar-refractivity contribution in [2.75, 3.05) is 4.90 Å². The number of hydrogen-bond donors (Lipinski definition) is 1. The standard InChI is InChI=1S/C18H23ClN2/c1-13(2)21(12-15-7-5-4-6-8-15)18-10-9-16(14(3)20)11-17(18)19/h4-11,13-14H,12,20H2,1-3H3/t14-/m1/s1. The molecule has 0 saturated heterocycles. The molecule has 21 heavy (non-hydrogen) atoms. The maximum absolute atomic E-state index is 6.48. The van der Waals surface area contributed by atoms with Gasteiger partial charge in [-0.3, -0.25) is 0 Å². The lowest BCUT2D eigenvalue weighted by Crippen LogP contribution is -2.30. The zero-order valence-corrected chi connectivity index (χ0v) is 13.6. The Labute approximate surface area is 132 Å². The third-order valence-corrected chi connectivity index (χ3v) is 3.93. The van der Waals surface area contributed by atoms with Crippen molar-refractivity contribution in [3.05, 3.63) is 64.7 Å². The van der Waals surface area contributed by atoms with E-state index < -0.39 is 0 Å². The van der Waals surface area contributed by atoms with Crippen molar-refractivity contribution in [3.8, 4) is 0 Å². The summed E-state index contributed by atoms with van der Waals surface area (Å²) in [5, 5.41) is 0.759. The quantitative estimate of drug-likeness (QED) is 0.861. The molecule has 1 atom stereocenters. The number of nitrogens with two attached hydrogens (primary N) is 1. The molecule has 112 valence electrons. The first-order valence-corrected chi connectivity index (χ1v) is 7.72. The normalized spacial score (nSPS) is 12.5. The van der Waals surface area contributed by atoms with E-state index in [1.54, 1.807) is 0 Å². The highest BCUT2D eigenvalue weighted by atomic mass is 35.5. The van der Waals surface area contributed by atoms with Gasteiger partial charge in [0.15, 0.2) is 0 Å². The van der Waals surface area contributed by atoms with Crippen LogP contribution in [0, 0.1) is 0 Å². The molecule has 2 rings (SSSR count). The average Bonchev–Trinajstić information content (AvgIpc) is 2.46. The molecule has 0 unspecified atom stereocenters. The van der Waals surface area contributed by atoms with Crippen LogP contribution < -0.4 is 10.6 Å². The second-order valence-corrected chi connectivity index (χ2v) is 6.11. The molecule has 0 spiro atoms. The van der Waals surface area contributed by atoms with E-state index in [0.29, 0.717) is 6.04 Å². The molecule has 0 heterocycles. The van der Waals surface area contributed by atoms with E-state index in [1.807, 2.05) is 19.1 Å². The number of rotatable bonds is 5. The van der Waals surface area contributed by atoms with Gasteiger partial charge in [0.05, 0.1) is 10.7 Å². The molecule has 0 saturated carbocycles. The van der Waals surface area contributed by atoms with Gasteiger partial charge in [-0.1, -0.05) is 48.0 Å². The van der Waals surface area contributed by atoms with Gasteiger partial charge < -0.3 is 10.6 Å². The van der Waals surface area contributed by atoms with E-state index in [4.69, 9.17) is 17.3 Å². The molecule has 0 radical (unpaired) electrons. The lowest BCUT2D eigenvalue weighted by atomic mass is 10.1. The van der Waals surface area contributed by atoms with Gasteiger partial charge in [-0.05, 0) is 44.0 Å². The van der Waals surface area contributed by atoms with Gasteiger partial charge in [0.25, 0.3) is 0 Å². The number of halogens is 1. The molecule has 0 aromatic heterocycles. The predicted molar refractivity (Wildman–Crippen MR) is 91.8 cm³/mol. The molecule has 0 aliphatic heterocycles. The summed E-state index contributed by atoms with van der Waals surface area (Å²) in [5.41, 5.74) is 9.31. The maximum atomic E-state index is 6.48. The fourth-order valence-corrected chi connectivity index (χ4v) is 2.66. The Bertz CT molecular complexity index is 579. The number of nitrogens with zero attached hydrogens (tertiary/aromatic N) is 1. The lowest BCUT2D eigenvalue weighted by Gasteiger charge is -2.30. The topological polar surface area (TPSA) is 29.3 Å². The second-order valence-electron chi connectivity index (χ2n) is 5.71. The molecule has 0 fully saturated rings. The van der Waals surface area contributed by atoms with Crippen molar-refractivity contribution in [3.63, 3.8) is 0 Å². The molecule has 3 heteroatoms. The summed E-state index contributed by atoms with van der Waals surface area (Å²) in [6.07, 6.45) is 0. The van der Waals surface area contributed by atoms with Crippen molar-refractivity contribution < 1.29 is 0 Å². The lowest BCUT2D eigenvalue weighted by molar-refractivity contribution is 0.682. The molecule has 0 aliphatic carbocycles. The first-order valence-electron chi connectivity index (χ1n) is 7.34. The Hall–Kier alpha value is -1.51. The minimum absolute atomic E-state index is 0.00169. The second kappa shape index (κ2) is 6.97. The van der Waals surface area contributed by atoms with E-state index in [1.165, 1.54) is 5.56 Å². The van der Waals surface area contributed by atoms with Crippen LogP contribution in [0.1, 0.15) is 37.9 Å². The van der Waals surface area contributed by atoms with Crippen LogP contribution in [0.15, 0.2) is 48.5 Å². The van der Waals surface area contributed by atoms with Crippen LogP contribution in [-0.2, 0) is 6.54 Å². The molecule has 2 aromatic carbocycles. The predicted octanol–water partition coefficient (Wildman–Crippen LogP) is 4.77. The fourth-order valence-electron chi connectivity index (χ4n) is 2.37. The minimum atomic E-state index is -0.00169. The van der Waals surface area contributed by atoms with Crippen molar-refractivity contribution in [1.29, 1.82) is 0 Å². The minimum Gasteiger partial charge on any atom is -0.364 e. The first-order chi connectivity index (χ1) is 9.99. The van der Waals surface area contributed by atoms with Gasteiger partial charge in [-0.15, -0.1) is 0 Å². The van der Waals surface area contributed by atoms with Crippen LogP contribution in [0.25, 0.3) is 0 Å². The first kappa shape index (κ1) is 15.9. The fraction of sp³-hybridized carbons (Fsp3) is 0.333. The summed E-state index contributed by atoms with van der Waals surface area (Å²) >= 11 is 6.48. The van der Waals surface area contributed by atoms with Gasteiger partial charge in [-0.2, -0.15) is 0 Å². The van der Waals surface area contributed by atoms with E-state index in [2.05, 4.69) is 55.1 Å². The number of hydrogen-bond acceptors (Lipinski definition) is 2. The molecule has 2 nitrogen and oxygen atoms in total. The molecular formula is C18H23ClN2. The van der Waals surface area contributed by atoms with Crippen LogP contribution in [0.3, 0.4) is 0 Å². The summed E-state index contributed by atoms with van der Waals surface area (Å²) < 4.78 is 0. The van der Waals surface area contributed by atoms with Crippen LogP contribution in [0.2, 0.25) is 5.02 Å². The van der Waals surface area contributed by atoms with E-state index >= 15 is 0 Å². The van der Waals surface area contributed by atoms with Crippen molar-refractivity contribution >= 4 is 17.3 Å². The van der Waals surface area contributed by atoms with Crippen LogP contribution in [0.5, 0.6) is 0 Å². The molecule has 2 aromatic rings. The molecule has 0 bridgehead atoms. The summed E-state index contributed by atoms with van der Waals surface area (Å²) in [7, 11) is 0. The zero-order valence-electron chi connectivity index (χ0n) is 12.9. The Balaban J connectivity index is 2.30. The number of anilines is 1. The smallest absolute Gasteiger partial charge is 0.0643 e. The third-order valence-electron chi connectivity index (χ3n) is 3.63. The SMILES string of the molecule is CC(C)N(Cc1ccccc1)c1ccc([C@@H](C)N)cc1Cl. The highest BCUT2D eigenvalue weighted by molar-refractivity contribution is 6.33. The van der Waals surface area contributed by atoms with Gasteiger partial charge in [0, 0.05) is 18.6 Å². The van der Waals surface area contributed by atoms with Gasteiger partial charge in [0.1, 0.15) is 0 Å². The van der Waals surface area contributed by atoms with Crippen molar-refractivity contribution in [2.45, 2.75) is 39.4 Å². The molecule has 2 N–H and O–H groups in total. The average molecular weight is 303 g/mol. The van der Waals surface area contributed by atoms with Crippen LogP contribution in [0.4, 0.5) is 5.69 Å². The monoisotopic (exact) mass is 302 g/mol. The highest BCUT2D eigenvalue weighted by Gasteiger charge is 2.15. The summed E-state index contributed by atoms with van der Waals surface area (Å²) in [6, 6.07) is 16.9. The molecule has 0 aliphatic rings. The largest absolute Gasteiger partial charge is 0.364 e. The third kappa shape index (κ3) is 3.99. The zero-order chi connectivity index (χ0) is 15.4. The van der Waals surface area contributed by atoms with Gasteiger partial charge in [0.2, 0.25) is 0 Å². The van der Waals surface area contributed by atoms with E-state index in [9.17, 15) is 0 Å². The van der Waals surface area contributed by atoms with E-state index in [0.717, 1.165) is 22.8 Å². The Morgan fingerprint density at radius 3 is 2.24 bits per heavy atom. The van der Waals surface area contributed by atoms with Gasteiger partial charge >= 0.3 is 0 Å².